The molecule has 82 valence electrons. The number of nitrogens with zero attached hydrogens (tertiary/aromatic N) is 1. The summed E-state index contributed by atoms with van der Waals surface area (Å²) in [6.45, 7) is 5.10. The summed E-state index contributed by atoms with van der Waals surface area (Å²) in [4.78, 5) is 14.6. The molecule has 2 rings (SSSR count). The van der Waals surface area contributed by atoms with Gasteiger partial charge in [0, 0.05) is 18.0 Å². The minimum Gasteiger partial charge on any atom is -0.476 e. The normalized spacial score (nSPS) is 22.7. The highest BCUT2D eigenvalue weighted by Gasteiger charge is 2.45. The number of aromatic nitrogens is 1. The predicted molar refractivity (Wildman–Crippen MR) is 58.1 cm³/mol. The van der Waals surface area contributed by atoms with Crippen LogP contribution in [0.15, 0.2) is 5.38 Å². The number of thiazole rings is 1. The molecule has 0 aromatic carbocycles. The first-order valence-electron chi connectivity index (χ1n) is 4.90. The molecular formula is C10H14N2O2S. The van der Waals surface area contributed by atoms with Gasteiger partial charge in [-0.25, -0.2) is 9.78 Å². The Bertz CT molecular complexity index is 387. The molecule has 0 aliphatic heterocycles. The van der Waals surface area contributed by atoms with Gasteiger partial charge < -0.3 is 10.4 Å². The molecule has 2 N–H and O–H groups in total. The third-order valence-electron chi connectivity index (χ3n) is 2.78. The molecule has 0 amide bonds. The molecule has 1 atom stereocenters. The van der Waals surface area contributed by atoms with Crippen LogP contribution in [0.5, 0.6) is 0 Å². The van der Waals surface area contributed by atoms with E-state index in [1.54, 1.807) is 5.38 Å². The summed E-state index contributed by atoms with van der Waals surface area (Å²) in [6.07, 6.45) is 1.18. The minimum absolute atomic E-state index is 0.168. The maximum absolute atomic E-state index is 10.6. The van der Waals surface area contributed by atoms with Crippen molar-refractivity contribution in [2.45, 2.75) is 32.9 Å². The summed E-state index contributed by atoms with van der Waals surface area (Å²) in [6, 6.07) is 0.549. The van der Waals surface area contributed by atoms with E-state index >= 15 is 0 Å². The lowest BCUT2D eigenvalue weighted by Gasteiger charge is -2.03. The molecule has 15 heavy (non-hydrogen) atoms. The highest BCUT2D eigenvalue weighted by atomic mass is 32.1. The van der Waals surface area contributed by atoms with Crippen LogP contribution in [0.2, 0.25) is 0 Å². The van der Waals surface area contributed by atoms with E-state index < -0.39 is 5.97 Å². The van der Waals surface area contributed by atoms with Gasteiger partial charge in [-0.3, -0.25) is 0 Å². The first kappa shape index (κ1) is 10.6. The Labute approximate surface area is 92.3 Å². The highest BCUT2D eigenvalue weighted by Crippen LogP contribution is 2.44. The molecule has 0 radical (unpaired) electrons. The number of carboxylic acid groups (broad SMARTS) is 1. The zero-order valence-corrected chi connectivity index (χ0v) is 9.60. The van der Waals surface area contributed by atoms with Gasteiger partial charge in [-0.05, 0) is 11.8 Å². The van der Waals surface area contributed by atoms with Crippen molar-refractivity contribution in [2.24, 2.45) is 5.41 Å². The van der Waals surface area contributed by atoms with Crippen molar-refractivity contribution in [3.8, 4) is 0 Å². The topological polar surface area (TPSA) is 62.2 Å². The summed E-state index contributed by atoms with van der Waals surface area (Å²) in [5, 5.41) is 14.0. The standard InChI is InChI=1S/C10H14N2O2S/c1-10(2)3-7(10)11-4-6-5-15-8(12-6)9(13)14/h5,7,11H,3-4H2,1-2H3,(H,13,14). The van der Waals surface area contributed by atoms with Crippen LogP contribution < -0.4 is 5.32 Å². The number of hydrogen-bond acceptors (Lipinski definition) is 4. The monoisotopic (exact) mass is 226 g/mol. The van der Waals surface area contributed by atoms with Crippen LogP contribution in [-0.4, -0.2) is 22.1 Å². The zero-order chi connectivity index (χ0) is 11.1. The molecule has 1 aliphatic carbocycles. The Morgan fingerprint density at radius 1 is 1.80 bits per heavy atom. The van der Waals surface area contributed by atoms with Gasteiger partial charge in [-0.1, -0.05) is 13.8 Å². The highest BCUT2D eigenvalue weighted by molar-refractivity contribution is 7.11. The Morgan fingerprint density at radius 3 is 2.93 bits per heavy atom. The van der Waals surface area contributed by atoms with Crippen molar-refractivity contribution >= 4 is 17.3 Å². The van der Waals surface area contributed by atoms with Crippen LogP contribution in [0.25, 0.3) is 0 Å². The Balaban J connectivity index is 1.86. The lowest BCUT2D eigenvalue weighted by atomic mass is 10.2. The van der Waals surface area contributed by atoms with Crippen LogP contribution in [0.1, 0.15) is 35.8 Å². The molecule has 0 bridgehead atoms. The Morgan fingerprint density at radius 2 is 2.47 bits per heavy atom. The maximum atomic E-state index is 10.6. The number of hydrogen-bond donors (Lipinski definition) is 2. The van der Waals surface area contributed by atoms with Crippen LogP contribution >= 0.6 is 11.3 Å². The van der Waals surface area contributed by atoms with Crippen molar-refractivity contribution in [3.63, 3.8) is 0 Å². The van der Waals surface area contributed by atoms with Gasteiger partial charge in [-0.15, -0.1) is 11.3 Å². The fourth-order valence-electron chi connectivity index (χ4n) is 1.53. The number of carboxylic acids is 1. The maximum Gasteiger partial charge on any atom is 0.365 e. The van der Waals surface area contributed by atoms with Gasteiger partial charge in [0.2, 0.25) is 5.01 Å². The second-order valence-electron chi connectivity index (χ2n) is 4.58. The van der Waals surface area contributed by atoms with E-state index in [-0.39, 0.29) is 5.01 Å². The van der Waals surface area contributed by atoms with Crippen LogP contribution in [0.3, 0.4) is 0 Å². The molecule has 4 nitrogen and oxygen atoms in total. The van der Waals surface area contributed by atoms with Crippen molar-refractivity contribution in [1.82, 2.24) is 10.3 Å². The van der Waals surface area contributed by atoms with Crippen molar-refractivity contribution in [1.29, 1.82) is 0 Å². The second-order valence-corrected chi connectivity index (χ2v) is 5.43. The first-order valence-corrected chi connectivity index (χ1v) is 5.78. The third kappa shape index (κ3) is 2.35. The number of aromatic carboxylic acids is 1. The average molecular weight is 226 g/mol. The van der Waals surface area contributed by atoms with Crippen LogP contribution in [0.4, 0.5) is 0 Å². The van der Waals surface area contributed by atoms with E-state index in [4.69, 9.17) is 5.11 Å². The van der Waals surface area contributed by atoms with Crippen molar-refractivity contribution in [2.75, 3.05) is 0 Å². The van der Waals surface area contributed by atoms with Gasteiger partial charge >= 0.3 is 5.97 Å². The molecular weight excluding hydrogens is 212 g/mol. The molecule has 0 saturated heterocycles. The average Bonchev–Trinajstić information content (AvgIpc) is 2.63. The lowest BCUT2D eigenvalue weighted by Crippen LogP contribution is -2.20. The summed E-state index contributed by atoms with van der Waals surface area (Å²) in [5.41, 5.74) is 1.21. The van der Waals surface area contributed by atoms with Gasteiger partial charge in [0.15, 0.2) is 0 Å². The quantitative estimate of drug-likeness (QED) is 0.820. The third-order valence-corrected chi connectivity index (χ3v) is 3.66. The Kier molecular flexibility index (Phi) is 2.52. The van der Waals surface area contributed by atoms with E-state index in [0.29, 0.717) is 18.0 Å². The molecule has 1 aromatic rings. The fourth-order valence-corrected chi connectivity index (χ4v) is 2.18. The lowest BCUT2D eigenvalue weighted by molar-refractivity contribution is 0.0696. The zero-order valence-electron chi connectivity index (χ0n) is 8.78. The SMILES string of the molecule is CC1(C)CC1NCc1csc(C(=O)O)n1. The van der Waals surface area contributed by atoms with E-state index in [9.17, 15) is 4.79 Å². The molecule has 1 aliphatic rings. The molecule has 5 heteroatoms. The summed E-state index contributed by atoms with van der Waals surface area (Å²) < 4.78 is 0. The van der Waals surface area contributed by atoms with Gasteiger partial charge in [-0.2, -0.15) is 0 Å². The first-order chi connectivity index (χ1) is 6.99. The van der Waals surface area contributed by atoms with E-state index in [0.717, 1.165) is 5.69 Å². The predicted octanol–water partition coefficient (Wildman–Crippen LogP) is 1.73. The molecule has 1 heterocycles. The molecule has 1 saturated carbocycles. The molecule has 1 fully saturated rings. The van der Waals surface area contributed by atoms with Gasteiger partial charge in [0.1, 0.15) is 0 Å². The molecule has 0 spiro atoms. The fraction of sp³-hybridized carbons (Fsp3) is 0.600. The largest absolute Gasteiger partial charge is 0.476 e. The summed E-state index contributed by atoms with van der Waals surface area (Å²) in [5.74, 6) is -0.946. The number of nitrogens with one attached hydrogen (secondary N) is 1. The molecule has 1 unspecified atom stereocenters. The number of carbonyl (C=O) groups is 1. The van der Waals surface area contributed by atoms with Crippen LogP contribution in [-0.2, 0) is 6.54 Å². The second kappa shape index (κ2) is 3.57. The van der Waals surface area contributed by atoms with Crippen LogP contribution in [0, 0.1) is 5.41 Å². The summed E-state index contributed by atoms with van der Waals surface area (Å²) >= 11 is 1.18. The van der Waals surface area contributed by atoms with Crippen molar-refractivity contribution in [3.05, 3.63) is 16.1 Å². The molecule has 1 aromatic heterocycles. The van der Waals surface area contributed by atoms with Crippen molar-refractivity contribution < 1.29 is 9.90 Å². The minimum atomic E-state index is -0.946. The van der Waals surface area contributed by atoms with E-state index in [2.05, 4.69) is 24.1 Å². The number of rotatable bonds is 4. The van der Waals surface area contributed by atoms with Gasteiger partial charge in [0.05, 0.1) is 5.69 Å². The van der Waals surface area contributed by atoms with E-state index in [1.165, 1.54) is 17.8 Å². The Hall–Kier alpha value is -0.940. The smallest absolute Gasteiger partial charge is 0.365 e. The van der Waals surface area contributed by atoms with E-state index in [1.807, 2.05) is 0 Å². The van der Waals surface area contributed by atoms with Gasteiger partial charge in [0.25, 0.3) is 0 Å². The summed E-state index contributed by atoms with van der Waals surface area (Å²) in [7, 11) is 0.